The van der Waals surface area contributed by atoms with Crippen LogP contribution in [-0.2, 0) is 19.1 Å². The molecule has 4 aliphatic carbocycles. The SMILES string of the molecule is C=C(C)C(=O)OC1CC2CCC1C2.CC(=O)OC1(C)CC2CCC1C2. The first kappa shape index (κ1) is 18.5. The number of carbonyl (C=O) groups excluding carboxylic acids is 2. The van der Waals surface area contributed by atoms with Crippen LogP contribution in [0, 0.1) is 23.7 Å². The Bertz CT molecular complexity index is 554. The molecule has 0 aromatic heterocycles. The summed E-state index contributed by atoms with van der Waals surface area (Å²) in [6.45, 7) is 8.90. The van der Waals surface area contributed by atoms with Crippen molar-refractivity contribution in [1.29, 1.82) is 0 Å². The minimum absolute atomic E-state index is 0.116. The third-order valence-electron chi connectivity index (χ3n) is 6.76. The lowest BCUT2D eigenvalue weighted by Crippen LogP contribution is -2.36. The van der Waals surface area contributed by atoms with E-state index in [1.807, 2.05) is 0 Å². The van der Waals surface area contributed by atoms with Crippen LogP contribution in [0.4, 0.5) is 0 Å². The van der Waals surface area contributed by atoms with Gasteiger partial charge in [0.1, 0.15) is 11.7 Å². The Balaban J connectivity index is 0.000000146. The second kappa shape index (κ2) is 7.13. The van der Waals surface area contributed by atoms with Crippen molar-refractivity contribution in [2.45, 2.75) is 83.8 Å². The quantitative estimate of drug-likeness (QED) is 0.559. The third-order valence-corrected chi connectivity index (χ3v) is 6.76. The van der Waals surface area contributed by atoms with Crippen LogP contribution < -0.4 is 0 Å². The Morgan fingerprint density at radius 1 is 1.00 bits per heavy atom. The Kier molecular flexibility index (Phi) is 5.26. The summed E-state index contributed by atoms with van der Waals surface area (Å²) in [5.41, 5.74) is 0.400. The number of ether oxygens (including phenoxy) is 2. The van der Waals surface area contributed by atoms with Crippen molar-refractivity contribution in [3.05, 3.63) is 12.2 Å². The topological polar surface area (TPSA) is 52.6 Å². The Hall–Kier alpha value is -1.32. The van der Waals surface area contributed by atoms with E-state index in [9.17, 15) is 9.59 Å². The molecule has 0 aliphatic heterocycles. The summed E-state index contributed by atoms with van der Waals surface area (Å²) < 4.78 is 10.8. The lowest BCUT2D eigenvalue weighted by molar-refractivity contribution is -0.160. The van der Waals surface area contributed by atoms with Crippen molar-refractivity contribution in [2.24, 2.45) is 23.7 Å². The van der Waals surface area contributed by atoms with Crippen molar-refractivity contribution in [2.75, 3.05) is 0 Å². The summed E-state index contributed by atoms with van der Waals surface area (Å²) in [6.07, 6.45) is 10.1. The van der Waals surface area contributed by atoms with Gasteiger partial charge in [0.2, 0.25) is 0 Å². The van der Waals surface area contributed by atoms with Gasteiger partial charge in [0.15, 0.2) is 0 Å². The van der Waals surface area contributed by atoms with Crippen LogP contribution in [0.1, 0.15) is 72.1 Å². The second-order valence-corrected chi connectivity index (χ2v) is 8.89. The number of hydrogen-bond acceptors (Lipinski definition) is 4. The molecule has 6 atom stereocenters. The maximum Gasteiger partial charge on any atom is 0.333 e. The van der Waals surface area contributed by atoms with E-state index in [1.165, 1.54) is 45.4 Å². The molecule has 0 amide bonds. The Morgan fingerprint density at radius 3 is 2.16 bits per heavy atom. The standard InChI is InChI=1S/C11H16O2.C10H16O2/c1-7(2)11(12)13-10-6-8-3-4-9(10)5-8;1-7(11)12-10(2)6-8-3-4-9(10)5-8/h8-10H,1,3-6H2,2H3;8-9H,3-6H2,1-2H3. The van der Waals surface area contributed by atoms with Crippen LogP contribution in [0.15, 0.2) is 12.2 Å². The molecule has 4 nitrogen and oxygen atoms in total. The molecule has 0 heterocycles. The van der Waals surface area contributed by atoms with Gasteiger partial charge in [-0.1, -0.05) is 6.58 Å². The van der Waals surface area contributed by atoms with Crippen LogP contribution in [0.5, 0.6) is 0 Å². The van der Waals surface area contributed by atoms with E-state index >= 15 is 0 Å². The maximum atomic E-state index is 11.3. The molecule has 25 heavy (non-hydrogen) atoms. The smallest absolute Gasteiger partial charge is 0.333 e. The highest BCUT2D eigenvalue weighted by Crippen LogP contribution is 2.52. The molecule has 6 unspecified atom stereocenters. The number of carbonyl (C=O) groups is 2. The van der Waals surface area contributed by atoms with Gasteiger partial charge in [0.25, 0.3) is 0 Å². The van der Waals surface area contributed by atoms with Gasteiger partial charge in [-0.25, -0.2) is 4.79 Å². The Morgan fingerprint density at radius 2 is 1.72 bits per heavy atom. The van der Waals surface area contributed by atoms with Crippen LogP contribution in [0.3, 0.4) is 0 Å². The zero-order chi connectivity index (χ0) is 18.2. The van der Waals surface area contributed by atoms with Crippen molar-refractivity contribution < 1.29 is 19.1 Å². The average Bonchev–Trinajstić information content (AvgIpc) is 3.26. The number of fused-ring (bicyclic) bond motifs is 4. The van der Waals surface area contributed by atoms with Crippen LogP contribution in [0.25, 0.3) is 0 Å². The number of rotatable bonds is 3. The van der Waals surface area contributed by atoms with Gasteiger partial charge >= 0.3 is 11.9 Å². The fraction of sp³-hybridized carbons (Fsp3) is 0.810. The predicted octanol–water partition coefficient (Wildman–Crippen LogP) is 4.42. The minimum Gasteiger partial charge on any atom is -0.459 e. The molecular formula is C21H32O4. The van der Waals surface area contributed by atoms with E-state index in [2.05, 4.69) is 13.5 Å². The molecular weight excluding hydrogens is 316 g/mol. The third kappa shape index (κ3) is 4.09. The summed E-state index contributed by atoms with van der Waals surface area (Å²) in [5, 5.41) is 0. The minimum atomic E-state index is -0.211. The first-order valence-corrected chi connectivity index (χ1v) is 9.83. The summed E-state index contributed by atoms with van der Waals surface area (Å²) >= 11 is 0. The van der Waals surface area contributed by atoms with Crippen molar-refractivity contribution in [1.82, 2.24) is 0 Å². The molecule has 0 N–H and O–H groups in total. The van der Waals surface area contributed by atoms with E-state index in [-0.39, 0.29) is 23.6 Å². The molecule has 0 saturated heterocycles. The summed E-state index contributed by atoms with van der Waals surface area (Å²) in [5.74, 6) is 2.62. The molecule has 4 saturated carbocycles. The lowest BCUT2D eigenvalue weighted by atomic mass is 9.86. The second-order valence-electron chi connectivity index (χ2n) is 8.89. The largest absolute Gasteiger partial charge is 0.459 e. The van der Waals surface area contributed by atoms with Gasteiger partial charge in [0.05, 0.1) is 0 Å². The van der Waals surface area contributed by atoms with Crippen molar-refractivity contribution in [3.63, 3.8) is 0 Å². The zero-order valence-electron chi connectivity index (χ0n) is 15.9. The molecule has 0 spiro atoms. The predicted molar refractivity (Wildman–Crippen MR) is 95.8 cm³/mol. The van der Waals surface area contributed by atoms with E-state index in [1.54, 1.807) is 6.92 Å². The molecule has 4 rings (SSSR count). The summed E-state index contributed by atoms with van der Waals surface area (Å²) in [4.78, 5) is 22.1. The first-order chi connectivity index (χ1) is 11.8. The fourth-order valence-corrected chi connectivity index (χ4v) is 5.58. The van der Waals surface area contributed by atoms with Gasteiger partial charge < -0.3 is 9.47 Å². The molecule has 4 fully saturated rings. The number of hydrogen-bond donors (Lipinski definition) is 0. The van der Waals surface area contributed by atoms with Crippen LogP contribution in [-0.4, -0.2) is 23.6 Å². The normalized spacial score (nSPS) is 40.4. The highest BCUT2D eigenvalue weighted by molar-refractivity contribution is 5.87. The molecule has 4 bridgehead atoms. The molecule has 0 aromatic rings. The molecule has 4 heteroatoms. The van der Waals surface area contributed by atoms with Crippen LogP contribution >= 0.6 is 0 Å². The molecule has 0 radical (unpaired) electrons. The highest BCUT2D eigenvalue weighted by Gasteiger charge is 2.50. The van der Waals surface area contributed by atoms with E-state index < -0.39 is 0 Å². The monoisotopic (exact) mass is 348 g/mol. The first-order valence-electron chi connectivity index (χ1n) is 9.83. The van der Waals surface area contributed by atoms with Crippen molar-refractivity contribution >= 4 is 11.9 Å². The zero-order valence-corrected chi connectivity index (χ0v) is 15.9. The highest BCUT2D eigenvalue weighted by atomic mass is 16.6. The molecule has 140 valence electrons. The maximum absolute atomic E-state index is 11.3. The number of esters is 2. The van der Waals surface area contributed by atoms with Gasteiger partial charge in [-0.15, -0.1) is 0 Å². The Labute approximate surface area is 151 Å². The van der Waals surface area contributed by atoms with Gasteiger partial charge in [-0.3, -0.25) is 4.79 Å². The van der Waals surface area contributed by atoms with Gasteiger partial charge in [-0.05, 0) is 88.9 Å². The average molecular weight is 348 g/mol. The van der Waals surface area contributed by atoms with E-state index in [0.29, 0.717) is 17.4 Å². The summed E-state index contributed by atoms with van der Waals surface area (Å²) in [7, 11) is 0. The molecule has 4 aliphatic rings. The van der Waals surface area contributed by atoms with E-state index in [4.69, 9.17) is 9.47 Å². The molecule has 0 aromatic carbocycles. The van der Waals surface area contributed by atoms with Gasteiger partial charge in [0, 0.05) is 12.5 Å². The van der Waals surface area contributed by atoms with Crippen LogP contribution in [0.2, 0.25) is 0 Å². The van der Waals surface area contributed by atoms with Gasteiger partial charge in [-0.2, -0.15) is 0 Å². The van der Waals surface area contributed by atoms with E-state index in [0.717, 1.165) is 24.7 Å². The lowest BCUT2D eigenvalue weighted by Gasteiger charge is -2.33. The fourth-order valence-electron chi connectivity index (χ4n) is 5.58. The van der Waals surface area contributed by atoms with Crippen molar-refractivity contribution in [3.8, 4) is 0 Å². The summed E-state index contributed by atoms with van der Waals surface area (Å²) in [6, 6.07) is 0.